The van der Waals surface area contributed by atoms with Crippen molar-refractivity contribution in [3.63, 3.8) is 0 Å². The van der Waals surface area contributed by atoms with Crippen LogP contribution in [0.1, 0.15) is 63.6 Å². The number of pyridine rings is 1. The number of aromatic nitrogens is 4. The lowest BCUT2D eigenvalue weighted by molar-refractivity contribution is -0.136. The van der Waals surface area contributed by atoms with Crippen molar-refractivity contribution in [3.05, 3.63) is 107 Å². The Kier molecular flexibility index (Phi) is 8.78. The predicted molar refractivity (Wildman–Crippen MR) is 201 cm³/mol. The molecule has 3 aromatic heterocycles. The molecule has 14 heteroatoms. The van der Waals surface area contributed by atoms with Gasteiger partial charge in [-0.3, -0.25) is 34.3 Å². The highest BCUT2D eigenvalue weighted by Crippen LogP contribution is 2.36. The summed E-state index contributed by atoms with van der Waals surface area (Å²) in [5.41, 5.74) is 4.27. The Morgan fingerprint density at radius 3 is 2.49 bits per heavy atom. The van der Waals surface area contributed by atoms with Crippen LogP contribution in [0.25, 0.3) is 17.0 Å². The van der Waals surface area contributed by atoms with Gasteiger partial charge in [-0.15, -0.1) is 5.10 Å². The molecule has 1 unspecified atom stereocenters. The summed E-state index contributed by atoms with van der Waals surface area (Å²) in [4.78, 5) is 67.5. The normalized spacial score (nSPS) is 20.2. The van der Waals surface area contributed by atoms with Gasteiger partial charge >= 0.3 is 0 Å². The Labute approximate surface area is 315 Å². The van der Waals surface area contributed by atoms with Gasteiger partial charge in [-0.2, -0.15) is 0 Å². The molecule has 0 bridgehead atoms. The first-order chi connectivity index (χ1) is 26.8. The van der Waals surface area contributed by atoms with E-state index >= 15 is 0 Å². The number of carbonyl (C=O) groups is 4. The molecular formula is C41H36FN9O4. The largest absolute Gasteiger partial charge is 0.354 e. The van der Waals surface area contributed by atoms with Gasteiger partial charge in [0.1, 0.15) is 29.2 Å². The van der Waals surface area contributed by atoms with Crippen molar-refractivity contribution in [2.24, 2.45) is 0 Å². The van der Waals surface area contributed by atoms with Gasteiger partial charge in [-0.05, 0) is 79.4 Å². The molecule has 0 aliphatic carbocycles. The molecule has 1 N–H and O–H groups in total. The summed E-state index contributed by atoms with van der Waals surface area (Å²) in [6.45, 7) is 4.44. The van der Waals surface area contributed by atoms with Gasteiger partial charge in [0.15, 0.2) is 5.65 Å². The summed E-state index contributed by atoms with van der Waals surface area (Å²) in [5.74, 6) is 5.64. The van der Waals surface area contributed by atoms with E-state index < -0.39 is 29.7 Å². The number of imidazole rings is 1. The Hall–Kier alpha value is -6.46. The predicted octanol–water partition coefficient (Wildman–Crippen LogP) is 3.85. The van der Waals surface area contributed by atoms with E-state index in [2.05, 4.69) is 36.8 Å². The first kappa shape index (κ1) is 34.3. The summed E-state index contributed by atoms with van der Waals surface area (Å²) >= 11 is 0. The van der Waals surface area contributed by atoms with Crippen molar-refractivity contribution in [1.82, 2.24) is 34.7 Å². The lowest BCUT2D eigenvalue weighted by Gasteiger charge is -2.34. The molecule has 55 heavy (non-hydrogen) atoms. The molecule has 7 heterocycles. The maximum Gasteiger partial charge on any atom is 0.262 e. The van der Waals surface area contributed by atoms with Gasteiger partial charge < -0.3 is 9.80 Å². The number of hydrogen-bond donors (Lipinski definition) is 1. The van der Waals surface area contributed by atoms with Gasteiger partial charge in [-0.1, -0.05) is 30.0 Å². The Morgan fingerprint density at radius 1 is 0.818 bits per heavy atom. The highest BCUT2D eigenvalue weighted by Gasteiger charge is 2.44. The fourth-order valence-electron chi connectivity index (χ4n) is 7.97. The fraction of sp³-hybridized carbons (Fsp3) is 0.293. The van der Waals surface area contributed by atoms with Gasteiger partial charge in [-0.25, -0.2) is 18.9 Å². The zero-order chi connectivity index (χ0) is 37.6. The van der Waals surface area contributed by atoms with E-state index in [9.17, 15) is 23.6 Å². The van der Waals surface area contributed by atoms with Crippen LogP contribution < -0.4 is 15.1 Å². The van der Waals surface area contributed by atoms with Crippen molar-refractivity contribution in [2.75, 3.05) is 49.1 Å². The van der Waals surface area contributed by atoms with Crippen molar-refractivity contribution in [3.8, 4) is 23.2 Å². The molecule has 0 radical (unpaired) electrons. The zero-order valence-electron chi connectivity index (χ0n) is 29.8. The third kappa shape index (κ3) is 6.46. The number of nitrogens with zero attached hydrogens (tertiary/aromatic N) is 8. The summed E-state index contributed by atoms with van der Waals surface area (Å²) in [6, 6.07) is 20.7. The molecule has 13 nitrogen and oxygen atoms in total. The second kappa shape index (κ2) is 14.1. The molecule has 2 atom stereocenters. The molecule has 276 valence electrons. The number of carbonyl (C=O) groups excluding carboxylic acids is 4. The van der Waals surface area contributed by atoms with E-state index in [0.717, 1.165) is 84.7 Å². The zero-order valence-corrected chi connectivity index (χ0v) is 29.8. The SMILES string of the molecule is O=C1CCC(N2C(=O)c3ccc(C#CCN4CCN(c5cccc(-c6cnc7ccc(N8CCC[C@@H]8c8cccc(F)c8)nn67)n5)CC4)cc3C2=O)C(=O)N1. The van der Waals surface area contributed by atoms with Crippen molar-refractivity contribution in [1.29, 1.82) is 0 Å². The number of rotatable bonds is 6. The molecule has 4 amide bonds. The number of hydrogen-bond acceptors (Lipinski definition) is 10. The highest BCUT2D eigenvalue weighted by molar-refractivity contribution is 6.23. The summed E-state index contributed by atoms with van der Waals surface area (Å²) in [5, 5.41) is 7.22. The third-order valence-corrected chi connectivity index (χ3v) is 10.8. The molecule has 0 spiro atoms. The minimum atomic E-state index is -1.00. The maximum absolute atomic E-state index is 14.1. The van der Waals surface area contributed by atoms with Crippen LogP contribution in [-0.4, -0.2) is 98.3 Å². The molecule has 0 saturated carbocycles. The third-order valence-electron chi connectivity index (χ3n) is 10.8. The topological polar surface area (TPSA) is 136 Å². The van der Waals surface area contributed by atoms with Crippen LogP contribution in [0.3, 0.4) is 0 Å². The lowest BCUT2D eigenvalue weighted by Crippen LogP contribution is -2.54. The van der Waals surface area contributed by atoms with E-state index in [1.165, 1.54) is 6.07 Å². The molecular weight excluding hydrogens is 702 g/mol. The maximum atomic E-state index is 14.1. The number of halogens is 1. The van der Waals surface area contributed by atoms with Crippen LogP contribution in [-0.2, 0) is 9.59 Å². The standard InChI is InChI=1S/C41H36FN9O4/c42-28-7-1-6-27(24-28)32-9-4-18-49(32)37-15-14-35-43-25-34(51(35)46-37)31-8-2-10-36(44-31)48-21-19-47(20-22-48)17-3-5-26-11-12-29-30(23-26)41(55)50(40(29)54)33-13-16-38(52)45-39(33)53/h1-2,6-8,10-12,14-15,23-25,32-33H,4,9,13,16-22H2,(H,45,52,53)/t32-,33?/m1/s1. The summed E-state index contributed by atoms with van der Waals surface area (Å²) in [6.07, 6.45) is 3.90. The van der Waals surface area contributed by atoms with Crippen LogP contribution in [0.15, 0.2) is 79.0 Å². The molecule has 9 rings (SSSR count). The molecule has 5 aromatic rings. The number of imide groups is 2. The van der Waals surface area contributed by atoms with Gasteiger partial charge in [0.05, 0.1) is 35.6 Å². The van der Waals surface area contributed by atoms with E-state index in [4.69, 9.17) is 10.1 Å². The molecule has 3 saturated heterocycles. The van der Waals surface area contributed by atoms with Crippen LogP contribution in [0.2, 0.25) is 0 Å². The van der Waals surface area contributed by atoms with Gasteiger partial charge in [0, 0.05) is 44.7 Å². The summed E-state index contributed by atoms with van der Waals surface area (Å²) in [7, 11) is 0. The monoisotopic (exact) mass is 737 g/mol. The van der Waals surface area contributed by atoms with E-state index in [1.54, 1.807) is 36.5 Å². The van der Waals surface area contributed by atoms with E-state index in [-0.39, 0.29) is 35.8 Å². The van der Waals surface area contributed by atoms with Crippen molar-refractivity contribution >= 4 is 40.9 Å². The minimum Gasteiger partial charge on any atom is -0.354 e. The first-order valence-corrected chi connectivity index (χ1v) is 18.5. The van der Waals surface area contributed by atoms with Crippen molar-refractivity contribution < 1.29 is 23.6 Å². The Morgan fingerprint density at radius 2 is 1.65 bits per heavy atom. The van der Waals surface area contributed by atoms with Gasteiger partial charge in [0.2, 0.25) is 11.8 Å². The van der Waals surface area contributed by atoms with E-state index in [1.807, 2.05) is 40.9 Å². The van der Waals surface area contributed by atoms with Crippen molar-refractivity contribution in [2.45, 2.75) is 37.8 Å². The molecule has 4 aliphatic heterocycles. The lowest BCUT2D eigenvalue weighted by atomic mass is 10.0. The molecule has 3 fully saturated rings. The molecule has 2 aromatic carbocycles. The summed E-state index contributed by atoms with van der Waals surface area (Å²) < 4.78 is 15.9. The number of nitrogens with one attached hydrogen (secondary N) is 1. The van der Waals surface area contributed by atoms with Crippen LogP contribution in [0.5, 0.6) is 0 Å². The van der Waals surface area contributed by atoms with E-state index in [0.29, 0.717) is 12.1 Å². The van der Waals surface area contributed by atoms with Crippen LogP contribution in [0, 0.1) is 17.7 Å². The van der Waals surface area contributed by atoms with Crippen LogP contribution in [0.4, 0.5) is 16.0 Å². The molecule has 4 aliphatic rings. The first-order valence-electron chi connectivity index (χ1n) is 18.5. The Balaban J connectivity index is 0.843. The number of amides is 4. The number of piperidine rings is 1. The second-order valence-electron chi connectivity index (χ2n) is 14.2. The number of fused-ring (bicyclic) bond motifs is 2. The average molecular weight is 738 g/mol. The second-order valence-corrected chi connectivity index (χ2v) is 14.2. The van der Waals surface area contributed by atoms with Gasteiger partial charge in [0.25, 0.3) is 11.8 Å². The van der Waals surface area contributed by atoms with Crippen LogP contribution >= 0.6 is 0 Å². The number of benzene rings is 2. The quantitative estimate of drug-likeness (QED) is 0.202. The minimum absolute atomic E-state index is 0.0512. The fourth-order valence-corrected chi connectivity index (χ4v) is 7.97. The number of anilines is 2. The Bertz CT molecular complexity index is 2450. The number of piperazine rings is 1. The smallest absolute Gasteiger partial charge is 0.262 e. The highest BCUT2D eigenvalue weighted by atomic mass is 19.1. The average Bonchev–Trinajstić information content (AvgIpc) is 3.92.